The Morgan fingerprint density at radius 1 is 1.64 bits per heavy atom. The predicted octanol–water partition coefficient (Wildman–Crippen LogP) is 3.73. The molecule has 0 aromatic heterocycles. The fourth-order valence-electron chi connectivity index (χ4n) is 0.884. The SMILES string of the molecule is C=CC(C)Sc1cc(N)c(F)cc1Cl. The van der Waals surface area contributed by atoms with E-state index in [4.69, 9.17) is 17.3 Å². The van der Waals surface area contributed by atoms with Crippen molar-refractivity contribution in [2.75, 3.05) is 5.73 Å². The summed E-state index contributed by atoms with van der Waals surface area (Å²) in [4.78, 5) is 0.776. The molecule has 1 nitrogen and oxygen atoms in total. The quantitative estimate of drug-likeness (QED) is 0.487. The van der Waals surface area contributed by atoms with E-state index in [0.717, 1.165) is 4.90 Å². The summed E-state index contributed by atoms with van der Waals surface area (Å²) < 4.78 is 12.9. The maximum Gasteiger partial charge on any atom is 0.147 e. The second-order valence-corrected chi connectivity index (χ2v) is 4.69. The highest BCUT2D eigenvalue weighted by molar-refractivity contribution is 8.00. The Balaban J connectivity index is 2.97. The smallest absolute Gasteiger partial charge is 0.147 e. The minimum absolute atomic E-state index is 0.119. The fraction of sp³-hybridized carbons (Fsp3) is 0.200. The van der Waals surface area contributed by atoms with Crippen LogP contribution in [-0.4, -0.2) is 5.25 Å². The number of hydrogen-bond acceptors (Lipinski definition) is 2. The van der Waals surface area contributed by atoms with Crippen molar-refractivity contribution in [3.63, 3.8) is 0 Å². The number of nitrogen functional groups attached to an aromatic ring is 1. The van der Waals surface area contributed by atoms with Crippen molar-refractivity contribution >= 4 is 29.1 Å². The number of benzene rings is 1. The predicted molar refractivity (Wildman–Crippen MR) is 61.3 cm³/mol. The Hall–Kier alpha value is -0.670. The third-order valence-electron chi connectivity index (χ3n) is 1.70. The van der Waals surface area contributed by atoms with Crippen molar-refractivity contribution in [3.8, 4) is 0 Å². The van der Waals surface area contributed by atoms with E-state index in [0.29, 0.717) is 5.02 Å². The van der Waals surface area contributed by atoms with E-state index in [1.54, 1.807) is 12.1 Å². The molecule has 0 saturated heterocycles. The standard InChI is InChI=1S/C10H11ClFNS/c1-3-6(2)14-10-5-9(13)8(12)4-7(10)11/h3-6H,1,13H2,2H3. The number of hydrogen-bond donors (Lipinski definition) is 1. The second-order valence-electron chi connectivity index (χ2n) is 2.86. The summed E-state index contributed by atoms with van der Waals surface area (Å²) in [6.45, 7) is 5.64. The highest BCUT2D eigenvalue weighted by Crippen LogP contribution is 2.33. The van der Waals surface area contributed by atoms with E-state index in [1.807, 2.05) is 6.92 Å². The second kappa shape index (κ2) is 4.71. The molecular weight excluding hydrogens is 221 g/mol. The van der Waals surface area contributed by atoms with Crippen molar-refractivity contribution in [1.29, 1.82) is 0 Å². The summed E-state index contributed by atoms with van der Waals surface area (Å²) in [5, 5.41) is 0.604. The van der Waals surface area contributed by atoms with Gasteiger partial charge in [0.1, 0.15) is 5.82 Å². The van der Waals surface area contributed by atoms with Gasteiger partial charge < -0.3 is 5.73 Å². The molecule has 0 aliphatic heterocycles. The van der Waals surface area contributed by atoms with Gasteiger partial charge in [-0.05, 0) is 19.1 Å². The first-order valence-corrected chi connectivity index (χ1v) is 5.34. The molecule has 0 aliphatic rings. The van der Waals surface area contributed by atoms with Gasteiger partial charge in [0.15, 0.2) is 0 Å². The molecule has 0 fully saturated rings. The molecule has 0 radical (unpaired) electrons. The van der Waals surface area contributed by atoms with Gasteiger partial charge >= 0.3 is 0 Å². The summed E-state index contributed by atoms with van der Waals surface area (Å²) in [5.41, 5.74) is 5.55. The molecule has 1 rings (SSSR count). The number of rotatable bonds is 3. The molecule has 1 atom stereocenters. The normalized spacial score (nSPS) is 12.5. The van der Waals surface area contributed by atoms with Crippen LogP contribution in [0, 0.1) is 5.82 Å². The van der Waals surface area contributed by atoms with Gasteiger partial charge in [0.05, 0.1) is 10.7 Å². The van der Waals surface area contributed by atoms with Crippen LogP contribution in [0.3, 0.4) is 0 Å². The molecule has 1 aromatic carbocycles. The summed E-state index contributed by atoms with van der Waals surface area (Å²) >= 11 is 7.35. The fourth-order valence-corrected chi connectivity index (χ4v) is 2.03. The Labute approximate surface area is 92.1 Å². The van der Waals surface area contributed by atoms with Crippen LogP contribution in [0.15, 0.2) is 29.7 Å². The summed E-state index contributed by atoms with van der Waals surface area (Å²) in [6.07, 6.45) is 1.79. The van der Waals surface area contributed by atoms with Gasteiger partial charge in [-0.25, -0.2) is 4.39 Å². The van der Waals surface area contributed by atoms with Crippen LogP contribution in [-0.2, 0) is 0 Å². The van der Waals surface area contributed by atoms with Gasteiger partial charge in [-0.3, -0.25) is 0 Å². The minimum Gasteiger partial charge on any atom is -0.396 e. The van der Waals surface area contributed by atoms with Gasteiger partial charge in [0, 0.05) is 10.1 Å². The van der Waals surface area contributed by atoms with E-state index in [-0.39, 0.29) is 10.9 Å². The average Bonchev–Trinajstić information content (AvgIpc) is 2.14. The highest BCUT2D eigenvalue weighted by Gasteiger charge is 2.08. The summed E-state index contributed by atoms with van der Waals surface area (Å²) in [5.74, 6) is -0.481. The molecule has 1 unspecified atom stereocenters. The zero-order valence-corrected chi connectivity index (χ0v) is 9.33. The van der Waals surface area contributed by atoms with Crippen LogP contribution in [0.1, 0.15) is 6.92 Å². The lowest BCUT2D eigenvalue weighted by atomic mass is 10.3. The van der Waals surface area contributed by atoms with E-state index in [1.165, 1.54) is 17.8 Å². The van der Waals surface area contributed by atoms with E-state index < -0.39 is 5.82 Å². The lowest BCUT2D eigenvalue weighted by molar-refractivity contribution is 0.631. The third-order valence-corrected chi connectivity index (χ3v) is 3.28. The molecule has 0 heterocycles. The van der Waals surface area contributed by atoms with Gasteiger partial charge in [-0.2, -0.15) is 0 Å². The van der Waals surface area contributed by atoms with Gasteiger partial charge in [0.25, 0.3) is 0 Å². The van der Waals surface area contributed by atoms with Crippen molar-refractivity contribution in [1.82, 2.24) is 0 Å². The largest absolute Gasteiger partial charge is 0.396 e. The van der Waals surface area contributed by atoms with Crippen LogP contribution in [0.4, 0.5) is 10.1 Å². The third kappa shape index (κ3) is 2.66. The number of anilines is 1. The first-order valence-electron chi connectivity index (χ1n) is 4.08. The van der Waals surface area contributed by atoms with Crippen molar-refractivity contribution in [3.05, 3.63) is 35.6 Å². The highest BCUT2D eigenvalue weighted by atomic mass is 35.5. The van der Waals surface area contributed by atoms with E-state index >= 15 is 0 Å². The zero-order valence-electron chi connectivity index (χ0n) is 7.76. The van der Waals surface area contributed by atoms with Crippen LogP contribution in [0.2, 0.25) is 5.02 Å². The van der Waals surface area contributed by atoms with Crippen molar-refractivity contribution in [2.24, 2.45) is 0 Å². The van der Waals surface area contributed by atoms with E-state index in [9.17, 15) is 4.39 Å². The van der Waals surface area contributed by atoms with Gasteiger partial charge in [-0.1, -0.05) is 17.7 Å². The number of thioether (sulfide) groups is 1. The first kappa shape index (κ1) is 11.4. The van der Waals surface area contributed by atoms with Crippen LogP contribution in [0.25, 0.3) is 0 Å². The maximum absolute atomic E-state index is 12.9. The van der Waals surface area contributed by atoms with Crippen molar-refractivity contribution in [2.45, 2.75) is 17.1 Å². The first-order chi connectivity index (χ1) is 6.54. The molecule has 76 valence electrons. The molecule has 4 heteroatoms. The van der Waals surface area contributed by atoms with E-state index in [2.05, 4.69) is 6.58 Å². The molecule has 2 N–H and O–H groups in total. The molecule has 14 heavy (non-hydrogen) atoms. The average molecular weight is 232 g/mol. The Kier molecular flexibility index (Phi) is 3.84. The molecule has 0 bridgehead atoms. The molecule has 0 aliphatic carbocycles. The Bertz CT molecular complexity index is 354. The summed E-state index contributed by atoms with van der Waals surface area (Å²) in [6, 6.07) is 2.78. The van der Waals surface area contributed by atoms with Crippen molar-refractivity contribution < 1.29 is 4.39 Å². The monoisotopic (exact) mass is 231 g/mol. The molecule has 0 spiro atoms. The van der Waals surface area contributed by atoms with Gasteiger partial charge in [-0.15, -0.1) is 18.3 Å². The van der Waals surface area contributed by atoms with Gasteiger partial charge in [0.2, 0.25) is 0 Å². The molecular formula is C10H11ClFNS. The minimum atomic E-state index is -0.481. The summed E-state index contributed by atoms with van der Waals surface area (Å²) in [7, 11) is 0. The van der Waals surface area contributed by atoms with Crippen LogP contribution < -0.4 is 5.73 Å². The number of halogens is 2. The lowest BCUT2D eigenvalue weighted by Crippen LogP contribution is -1.94. The van der Waals surface area contributed by atoms with Crippen LogP contribution in [0.5, 0.6) is 0 Å². The molecule has 0 saturated carbocycles. The maximum atomic E-state index is 12.9. The number of nitrogens with two attached hydrogens (primary N) is 1. The lowest BCUT2D eigenvalue weighted by Gasteiger charge is -2.08. The Morgan fingerprint density at radius 2 is 2.29 bits per heavy atom. The topological polar surface area (TPSA) is 26.0 Å². The Morgan fingerprint density at radius 3 is 2.86 bits per heavy atom. The molecule has 1 aromatic rings. The zero-order chi connectivity index (χ0) is 10.7. The molecule has 0 amide bonds. The van der Waals surface area contributed by atoms with Crippen LogP contribution >= 0.6 is 23.4 Å².